The first-order chi connectivity index (χ1) is 10.8. The maximum absolute atomic E-state index is 6.41. The van der Waals surface area contributed by atoms with Crippen molar-refractivity contribution in [2.75, 3.05) is 0 Å². The number of ether oxygens (including phenoxy) is 1. The van der Waals surface area contributed by atoms with Gasteiger partial charge in [-0.2, -0.15) is 0 Å². The molecule has 0 heterocycles. The summed E-state index contributed by atoms with van der Waals surface area (Å²) in [6, 6.07) is 31.1. The maximum Gasteiger partial charge on any atom is 0.108 e. The van der Waals surface area contributed by atoms with Gasteiger partial charge in [-0.15, -0.1) is 0 Å². The van der Waals surface area contributed by atoms with Gasteiger partial charge in [0.2, 0.25) is 0 Å². The molecular formula is C21H20O. The van der Waals surface area contributed by atoms with Crippen LogP contribution in [0.25, 0.3) is 0 Å². The first-order valence-corrected chi connectivity index (χ1v) is 7.65. The molecule has 0 aliphatic rings. The zero-order chi connectivity index (χ0) is 15.2. The first kappa shape index (κ1) is 14.6. The first-order valence-electron chi connectivity index (χ1n) is 7.65. The van der Waals surface area contributed by atoms with Crippen LogP contribution in [-0.4, -0.2) is 0 Å². The lowest BCUT2D eigenvalue weighted by Gasteiger charge is -2.23. The third kappa shape index (κ3) is 3.44. The number of hydrogen-bond donors (Lipinski definition) is 0. The van der Waals surface area contributed by atoms with E-state index in [0.717, 1.165) is 0 Å². The minimum absolute atomic E-state index is 0.0339. The van der Waals surface area contributed by atoms with Crippen molar-refractivity contribution in [2.45, 2.75) is 19.1 Å². The lowest BCUT2D eigenvalue weighted by molar-refractivity contribution is 0.0181. The summed E-state index contributed by atoms with van der Waals surface area (Å²) in [4.78, 5) is 0. The molecule has 1 unspecified atom stereocenters. The molecule has 3 rings (SSSR count). The fourth-order valence-corrected chi connectivity index (χ4v) is 2.61. The molecule has 0 bridgehead atoms. The van der Waals surface area contributed by atoms with Crippen LogP contribution in [0.1, 0.15) is 35.8 Å². The van der Waals surface area contributed by atoms with Crippen molar-refractivity contribution in [3.05, 3.63) is 108 Å². The van der Waals surface area contributed by atoms with E-state index in [1.165, 1.54) is 16.7 Å². The average molecular weight is 288 g/mol. The van der Waals surface area contributed by atoms with Gasteiger partial charge >= 0.3 is 0 Å². The third-order valence-electron chi connectivity index (χ3n) is 3.81. The molecule has 0 fully saturated rings. The highest BCUT2D eigenvalue weighted by molar-refractivity contribution is 5.30. The Kier molecular flexibility index (Phi) is 4.67. The van der Waals surface area contributed by atoms with Gasteiger partial charge in [0.05, 0.1) is 6.10 Å². The van der Waals surface area contributed by atoms with Gasteiger partial charge in [0.25, 0.3) is 0 Å². The predicted molar refractivity (Wildman–Crippen MR) is 90.7 cm³/mol. The molecule has 0 spiro atoms. The van der Waals surface area contributed by atoms with Crippen LogP contribution in [0.5, 0.6) is 0 Å². The van der Waals surface area contributed by atoms with E-state index in [9.17, 15) is 0 Å². The summed E-state index contributed by atoms with van der Waals surface area (Å²) in [5, 5.41) is 0. The fraction of sp³-hybridized carbons (Fsp3) is 0.143. The molecule has 1 atom stereocenters. The Hall–Kier alpha value is -2.38. The Labute approximate surface area is 132 Å². The van der Waals surface area contributed by atoms with Gasteiger partial charge in [-0.25, -0.2) is 0 Å². The topological polar surface area (TPSA) is 9.23 Å². The zero-order valence-corrected chi connectivity index (χ0v) is 12.7. The number of benzene rings is 3. The second kappa shape index (κ2) is 7.06. The second-order valence-electron chi connectivity index (χ2n) is 5.39. The molecule has 0 saturated heterocycles. The van der Waals surface area contributed by atoms with Gasteiger partial charge in [0.15, 0.2) is 0 Å². The van der Waals surface area contributed by atoms with Crippen LogP contribution in [0.4, 0.5) is 0 Å². The normalized spacial score (nSPS) is 12.3. The van der Waals surface area contributed by atoms with E-state index in [2.05, 4.69) is 79.7 Å². The SMILES string of the molecule is CC(OC(c1ccccc1)c1ccccc1)c1ccccc1. The van der Waals surface area contributed by atoms with Crippen LogP contribution in [-0.2, 0) is 4.74 Å². The van der Waals surface area contributed by atoms with Crippen molar-refractivity contribution >= 4 is 0 Å². The molecule has 0 aliphatic carbocycles. The lowest BCUT2D eigenvalue weighted by Crippen LogP contribution is -2.09. The van der Waals surface area contributed by atoms with E-state index in [4.69, 9.17) is 4.74 Å². The van der Waals surface area contributed by atoms with E-state index < -0.39 is 0 Å². The van der Waals surface area contributed by atoms with Gasteiger partial charge in [-0.1, -0.05) is 91.0 Å². The van der Waals surface area contributed by atoms with Crippen molar-refractivity contribution < 1.29 is 4.74 Å². The molecule has 0 radical (unpaired) electrons. The highest BCUT2D eigenvalue weighted by Crippen LogP contribution is 2.31. The Bertz CT molecular complexity index is 637. The highest BCUT2D eigenvalue weighted by atomic mass is 16.5. The summed E-state index contributed by atoms with van der Waals surface area (Å²) in [5.74, 6) is 0. The van der Waals surface area contributed by atoms with Gasteiger partial charge < -0.3 is 4.74 Å². The minimum Gasteiger partial charge on any atom is -0.361 e. The highest BCUT2D eigenvalue weighted by Gasteiger charge is 2.18. The Morgan fingerprint density at radius 2 is 0.909 bits per heavy atom. The summed E-state index contributed by atoms with van der Waals surface area (Å²) in [6.07, 6.45) is -0.0239. The van der Waals surface area contributed by atoms with Crippen molar-refractivity contribution in [2.24, 2.45) is 0 Å². The Balaban J connectivity index is 1.90. The zero-order valence-electron chi connectivity index (χ0n) is 12.7. The van der Waals surface area contributed by atoms with Crippen molar-refractivity contribution in [1.29, 1.82) is 0 Å². The van der Waals surface area contributed by atoms with Gasteiger partial charge in [0.1, 0.15) is 6.10 Å². The smallest absolute Gasteiger partial charge is 0.108 e. The van der Waals surface area contributed by atoms with Crippen LogP contribution in [0, 0.1) is 0 Å². The molecule has 110 valence electrons. The summed E-state index contributed by atoms with van der Waals surface area (Å²) in [7, 11) is 0. The fourth-order valence-electron chi connectivity index (χ4n) is 2.61. The average Bonchev–Trinajstić information content (AvgIpc) is 2.62. The maximum atomic E-state index is 6.41. The van der Waals surface area contributed by atoms with Gasteiger partial charge in [-0.05, 0) is 23.6 Å². The van der Waals surface area contributed by atoms with E-state index >= 15 is 0 Å². The number of rotatable bonds is 5. The van der Waals surface area contributed by atoms with Crippen LogP contribution in [0.2, 0.25) is 0 Å². The standard InChI is InChI=1S/C21H20O/c1-17(18-11-5-2-6-12-18)22-21(19-13-7-3-8-14-19)20-15-9-4-10-16-20/h2-17,21H,1H3. The largest absolute Gasteiger partial charge is 0.361 e. The van der Waals surface area contributed by atoms with E-state index in [1.54, 1.807) is 0 Å². The van der Waals surface area contributed by atoms with Crippen molar-refractivity contribution in [3.63, 3.8) is 0 Å². The van der Waals surface area contributed by atoms with Crippen molar-refractivity contribution in [1.82, 2.24) is 0 Å². The van der Waals surface area contributed by atoms with E-state index in [-0.39, 0.29) is 12.2 Å². The van der Waals surface area contributed by atoms with Crippen LogP contribution < -0.4 is 0 Å². The summed E-state index contributed by atoms with van der Waals surface area (Å²) in [6.45, 7) is 2.11. The van der Waals surface area contributed by atoms with E-state index in [0.29, 0.717) is 0 Å². The summed E-state index contributed by atoms with van der Waals surface area (Å²) < 4.78 is 6.41. The molecule has 0 N–H and O–H groups in total. The molecule has 0 aliphatic heterocycles. The lowest BCUT2D eigenvalue weighted by atomic mass is 10.0. The summed E-state index contributed by atoms with van der Waals surface area (Å²) >= 11 is 0. The van der Waals surface area contributed by atoms with Gasteiger partial charge in [-0.3, -0.25) is 0 Å². The molecule has 0 saturated carbocycles. The van der Waals surface area contributed by atoms with Crippen LogP contribution in [0.15, 0.2) is 91.0 Å². The molecule has 1 heteroatoms. The predicted octanol–water partition coefficient (Wildman–Crippen LogP) is 5.55. The third-order valence-corrected chi connectivity index (χ3v) is 3.81. The van der Waals surface area contributed by atoms with Gasteiger partial charge in [0, 0.05) is 0 Å². The quantitative estimate of drug-likeness (QED) is 0.597. The van der Waals surface area contributed by atoms with Crippen molar-refractivity contribution in [3.8, 4) is 0 Å². The Morgan fingerprint density at radius 1 is 0.545 bits per heavy atom. The van der Waals surface area contributed by atoms with E-state index in [1.807, 2.05) is 18.2 Å². The minimum atomic E-state index is -0.0578. The summed E-state index contributed by atoms with van der Waals surface area (Å²) in [5.41, 5.74) is 3.55. The van der Waals surface area contributed by atoms with Crippen LogP contribution >= 0.6 is 0 Å². The number of hydrogen-bond acceptors (Lipinski definition) is 1. The van der Waals surface area contributed by atoms with Crippen LogP contribution in [0.3, 0.4) is 0 Å². The molecular weight excluding hydrogens is 268 g/mol. The molecule has 1 nitrogen and oxygen atoms in total. The molecule has 0 amide bonds. The monoisotopic (exact) mass is 288 g/mol. The second-order valence-corrected chi connectivity index (χ2v) is 5.39. The molecule has 3 aromatic carbocycles. The molecule has 22 heavy (non-hydrogen) atoms. The molecule has 3 aromatic rings. The Morgan fingerprint density at radius 3 is 1.32 bits per heavy atom. The molecule has 0 aromatic heterocycles.